The van der Waals surface area contributed by atoms with E-state index in [9.17, 15) is 13.6 Å². The molecule has 0 aromatic heterocycles. The summed E-state index contributed by atoms with van der Waals surface area (Å²) in [5.41, 5.74) is 0. The van der Waals surface area contributed by atoms with Crippen molar-refractivity contribution in [1.29, 1.82) is 0 Å². The number of halogens is 2. The van der Waals surface area contributed by atoms with Crippen LogP contribution in [0, 0.1) is 35.3 Å². The van der Waals surface area contributed by atoms with E-state index in [0.717, 1.165) is 37.5 Å². The van der Waals surface area contributed by atoms with Crippen LogP contribution in [-0.2, 0) is 4.79 Å². The van der Waals surface area contributed by atoms with Crippen molar-refractivity contribution in [3.8, 4) is 11.5 Å². The topological polar surface area (TPSA) is 35.5 Å². The molecule has 0 saturated heterocycles. The quantitative estimate of drug-likeness (QED) is 0.420. The van der Waals surface area contributed by atoms with E-state index < -0.39 is 17.6 Å². The molecule has 1 aromatic rings. The van der Waals surface area contributed by atoms with Gasteiger partial charge in [0.2, 0.25) is 11.6 Å². The molecule has 0 heterocycles. The van der Waals surface area contributed by atoms with Crippen molar-refractivity contribution >= 4 is 5.97 Å². The van der Waals surface area contributed by atoms with Gasteiger partial charge in [-0.1, -0.05) is 26.2 Å². The summed E-state index contributed by atoms with van der Waals surface area (Å²) in [6, 6.07) is 2.56. The van der Waals surface area contributed by atoms with Gasteiger partial charge in [0.1, 0.15) is 0 Å². The molecule has 0 aliphatic heterocycles. The van der Waals surface area contributed by atoms with E-state index in [1.54, 1.807) is 6.92 Å². The zero-order chi connectivity index (χ0) is 20.1. The summed E-state index contributed by atoms with van der Waals surface area (Å²) >= 11 is 0. The van der Waals surface area contributed by atoms with Crippen LogP contribution >= 0.6 is 0 Å². The zero-order valence-electron chi connectivity index (χ0n) is 17.0. The summed E-state index contributed by atoms with van der Waals surface area (Å²) in [5.74, 6) is -1.10. The van der Waals surface area contributed by atoms with Crippen LogP contribution in [0.15, 0.2) is 12.1 Å². The lowest BCUT2D eigenvalue weighted by Crippen LogP contribution is -2.30. The number of benzene rings is 1. The van der Waals surface area contributed by atoms with Crippen molar-refractivity contribution in [2.45, 2.75) is 71.6 Å². The predicted octanol–water partition coefficient (Wildman–Crippen LogP) is 6.29. The van der Waals surface area contributed by atoms with E-state index in [1.807, 2.05) is 0 Å². The third-order valence-corrected chi connectivity index (χ3v) is 6.76. The molecule has 2 aliphatic rings. The van der Waals surface area contributed by atoms with Gasteiger partial charge < -0.3 is 9.47 Å². The maximum atomic E-state index is 14.1. The third-order valence-electron chi connectivity index (χ3n) is 6.76. The van der Waals surface area contributed by atoms with Gasteiger partial charge in [-0.25, -0.2) is 0 Å². The second kappa shape index (κ2) is 9.71. The first-order valence-corrected chi connectivity index (χ1v) is 10.9. The summed E-state index contributed by atoms with van der Waals surface area (Å²) in [6.45, 7) is 4.21. The molecule has 0 unspecified atom stereocenters. The third kappa shape index (κ3) is 4.84. The molecular weight excluding hydrogens is 362 g/mol. The van der Waals surface area contributed by atoms with Crippen molar-refractivity contribution in [1.82, 2.24) is 0 Å². The molecule has 0 spiro atoms. The number of hydrogen-bond acceptors (Lipinski definition) is 3. The largest absolute Gasteiger partial charge is 0.491 e. The first-order valence-electron chi connectivity index (χ1n) is 10.9. The molecule has 2 fully saturated rings. The van der Waals surface area contributed by atoms with Crippen LogP contribution in [0.5, 0.6) is 11.5 Å². The minimum absolute atomic E-state index is 0.168. The Balaban J connectivity index is 1.51. The van der Waals surface area contributed by atoms with E-state index in [2.05, 4.69) is 6.92 Å². The van der Waals surface area contributed by atoms with E-state index in [1.165, 1.54) is 44.2 Å². The maximum absolute atomic E-state index is 14.1. The van der Waals surface area contributed by atoms with Crippen molar-refractivity contribution in [3.63, 3.8) is 0 Å². The van der Waals surface area contributed by atoms with Gasteiger partial charge in [0, 0.05) is 0 Å². The van der Waals surface area contributed by atoms with Crippen molar-refractivity contribution < 1.29 is 23.0 Å². The first kappa shape index (κ1) is 21.1. The normalized spacial score (nSPS) is 28.0. The van der Waals surface area contributed by atoms with Crippen LogP contribution < -0.4 is 9.47 Å². The summed E-state index contributed by atoms with van der Waals surface area (Å²) < 4.78 is 38.3. The first-order chi connectivity index (χ1) is 13.5. The summed E-state index contributed by atoms with van der Waals surface area (Å²) in [5, 5.41) is 0. The standard InChI is InChI=1S/C23H32F2O3/c1-3-15-5-7-16(8-6-15)17-9-11-18(12-10-17)23(26)28-20-14-13-19(27-4-2)21(24)22(20)25/h13-18H,3-12H2,1-2H3. The Hall–Kier alpha value is -1.65. The second-order valence-corrected chi connectivity index (χ2v) is 8.34. The van der Waals surface area contributed by atoms with Crippen LogP contribution in [0.25, 0.3) is 0 Å². The SMILES string of the molecule is CCOc1ccc(OC(=O)C2CCC(C3CCC(CC)CC3)CC2)c(F)c1F. The Kier molecular flexibility index (Phi) is 7.30. The van der Waals surface area contributed by atoms with Gasteiger partial charge in [0.25, 0.3) is 0 Å². The van der Waals surface area contributed by atoms with Gasteiger partial charge in [-0.05, 0) is 75.3 Å². The lowest BCUT2D eigenvalue weighted by atomic mass is 9.69. The van der Waals surface area contributed by atoms with Gasteiger partial charge in [0.05, 0.1) is 12.5 Å². The number of esters is 1. The fourth-order valence-corrected chi connectivity index (χ4v) is 4.95. The average Bonchev–Trinajstić information content (AvgIpc) is 2.73. The van der Waals surface area contributed by atoms with Crippen LogP contribution in [0.2, 0.25) is 0 Å². The number of carbonyl (C=O) groups is 1. The average molecular weight is 395 g/mol. The maximum Gasteiger partial charge on any atom is 0.314 e. The highest BCUT2D eigenvalue weighted by molar-refractivity contribution is 5.75. The molecule has 2 aliphatic carbocycles. The smallest absolute Gasteiger partial charge is 0.314 e. The highest BCUT2D eigenvalue weighted by Gasteiger charge is 2.33. The van der Waals surface area contributed by atoms with Crippen LogP contribution in [0.1, 0.15) is 71.6 Å². The number of hydrogen-bond donors (Lipinski definition) is 0. The molecular formula is C23H32F2O3. The Bertz CT molecular complexity index is 660. The van der Waals surface area contributed by atoms with E-state index >= 15 is 0 Å². The van der Waals surface area contributed by atoms with Gasteiger partial charge in [-0.15, -0.1) is 0 Å². The highest BCUT2D eigenvalue weighted by Crippen LogP contribution is 2.42. The highest BCUT2D eigenvalue weighted by atomic mass is 19.2. The Morgan fingerprint density at radius 1 is 0.893 bits per heavy atom. The Labute approximate surface area is 166 Å². The second-order valence-electron chi connectivity index (χ2n) is 8.34. The molecule has 0 radical (unpaired) electrons. The summed E-state index contributed by atoms with van der Waals surface area (Å²) in [4.78, 5) is 12.5. The predicted molar refractivity (Wildman–Crippen MR) is 104 cm³/mol. The fraction of sp³-hybridized carbons (Fsp3) is 0.696. The number of carbonyl (C=O) groups excluding carboxylic acids is 1. The fourth-order valence-electron chi connectivity index (χ4n) is 4.95. The summed E-state index contributed by atoms with van der Waals surface area (Å²) in [7, 11) is 0. The van der Waals surface area contributed by atoms with Crippen LogP contribution in [0.4, 0.5) is 8.78 Å². The number of rotatable bonds is 6. The molecule has 3 rings (SSSR count). The van der Waals surface area contributed by atoms with Crippen molar-refractivity contribution in [2.75, 3.05) is 6.61 Å². The Morgan fingerprint density at radius 2 is 1.43 bits per heavy atom. The molecule has 0 bridgehead atoms. The van der Waals surface area contributed by atoms with Gasteiger partial charge in [-0.2, -0.15) is 8.78 Å². The lowest BCUT2D eigenvalue weighted by molar-refractivity contribution is -0.140. The summed E-state index contributed by atoms with van der Waals surface area (Å²) in [6.07, 6.45) is 10.2. The van der Waals surface area contributed by atoms with Crippen LogP contribution in [0.3, 0.4) is 0 Å². The van der Waals surface area contributed by atoms with Gasteiger partial charge in [-0.3, -0.25) is 4.79 Å². The molecule has 0 N–H and O–H groups in total. The van der Waals surface area contributed by atoms with E-state index in [0.29, 0.717) is 5.92 Å². The van der Waals surface area contributed by atoms with Gasteiger partial charge >= 0.3 is 5.97 Å². The minimum Gasteiger partial charge on any atom is -0.491 e. The van der Waals surface area contributed by atoms with Crippen molar-refractivity contribution in [3.05, 3.63) is 23.8 Å². The molecule has 5 heteroatoms. The molecule has 3 nitrogen and oxygen atoms in total. The Morgan fingerprint density at radius 3 is 2.00 bits per heavy atom. The molecule has 1 aromatic carbocycles. The molecule has 156 valence electrons. The molecule has 28 heavy (non-hydrogen) atoms. The zero-order valence-corrected chi connectivity index (χ0v) is 17.0. The number of ether oxygens (including phenoxy) is 2. The molecule has 0 amide bonds. The molecule has 2 saturated carbocycles. The van der Waals surface area contributed by atoms with E-state index in [4.69, 9.17) is 9.47 Å². The van der Waals surface area contributed by atoms with Crippen molar-refractivity contribution in [2.24, 2.45) is 23.7 Å². The van der Waals surface area contributed by atoms with E-state index in [-0.39, 0.29) is 24.0 Å². The monoisotopic (exact) mass is 394 g/mol. The van der Waals surface area contributed by atoms with Crippen LogP contribution in [-0.4, -0.2) is 12.6 Å². The van der Waals surface area contributed by atoms with Gasteiger partial charge in [0.15, 0.2) is 11.5 Å². The molecule has 0 atom stereocenters. The lowest BCUT2D eigenvalue weighted by Gasteiger charge is -2.37. The minimum atomic E-state index is -1.17.